The van der Waals surface area contributed by atoms with Crippen LogP contribution in [0.4, 0.5) is 5.69 Å². The van der Waals surface area contributed by atoms with Crippen LogP contribution in [0.3, 0.4) is 0 Å². The number of quaternary nitrogens is 1. The van der Waals surface area contributed by atoms with Crippen molar-refractivity contribution in [1.29, 1.82) is 0 Å². The Morgan fingerprint density at radius 1 is 1.00 bits per heavy atom. The molecule has 36 heavy (non-hydrogen) atoms. The van der Waals surface area contributed by atoms with E-state index in [9.17, 15) is 14.4 Å². The fourth-order valence-electron chi connectivity index (χ4n) is 5.51. The summed E-state index contributed by atoms with van der Waals surface area (Å²) in [7, 11) is 0. The third-order valence-corrected chi connectivity index (χ3v) is 8.37. The number of carbonyl (C=O) groups excluding carboxylic acids is 3. The molecule has 1 unspecified atom stereocenters. The molecule has 0 spiro atoms. The van der Waals surface area contributed by atoms with Crippen molar-refractivity contribution in [3.63, 3.8) is 0 Å². The van der Waals surface area contributed by atoms with Crippen LogP contribution in [0.5, 0.6) is 0 Å². The van der Waals surface area contributed by atoms with Gasteiger partial charge in [0.1, 0.15) is 18.0 Å². The van der Waals surface area contributed by atoms with Crippen LogP contribution in [0.2, 0.25) is 0 Å². The van der Waals surface area contributed by atoms with Crippen LogP contribution in [-0.2, 0) is 9.53 Å². The SMILES string of the molecule is NC(=O)c1sccc1NC(C(=O)O[C@H]1C[N+]2(CC(=O)c3ccccc3)CCC1CC2)c1ccccc1. The molecule has 0 aliphatic carbocycles. The summed E-state index contributed by atoms with van der Waals surface area (Å²) in [6.07, 6.45) is 1.61. The van der Waals surface area contributed by atoms with Gasteiger partial charge in [0.2, 0.25) is 5.78 Å². The fraction of sp³-hybridized carbons (Fsp3) is 0.321. The number of nitrogens with two attached hydrogens (primary N) is 1. The number of piperidine rings is 3. The zero-order valence-electron chi connectivity index (χ0n) is 20.0. The van der Waals surface area contributed by atoms with E-state index in [1.165, 1.54) is 11.3 Å². The molecular weight excluding hydrogens is 474 g/mol. The number of amides is 1. The maximum atomic E-state index is 13.6. The van der Waals surface area contributed by atoms with Gasteiger partial charge in [-0.2, -0.15) is 0 Å². The molecule has 3 N–H and O–H groups in total. The average Bonchev–Trinajstić information content (AvgIpc) is 3.37. The lowest BCUT2D eigenvalue weighted by molar-refractivity contribution is -0.938. The van der Waals surface area contributed by atoms with E-state index in [4.69, 9.17) is 10.5 Å². The van der Waals surface area contributed by atoms with E-state index in [-0.39, 0.29) is 11.9 Å². The topological polar surface area (TPSA) is 98.5 Å². The fourth-order valence-corrected chi connectivity index (χ4v) is 6.22. The molecule has 3 aliphatic heterocycles. The maximum absolute atomic E-state index is 13.6. The number of rotatable bonds is 9. The second-order valence-corrected chi connectivity index (χ2v) is 10.7. The highest BCUT2D eigenvalue weighted by Crippen LogP contribution is 2.37. The minimum atomic E-state index is -0.784. The average molecular weight is 505 g/mol. The Labute approximate surface area is 214 Å². The second kappa shape index (κ2) is 10.2. The van der Waals surface area contributed by atoms with Gasteiger partial charge >= 0.3 is 5.97 Å². The van der Waals surface area contributed by atoms with Gasteiger partial charge in [0.05, 0.1) is 18.8 Å². The zero-order valence-corrected chi connectivity index (χ0v) is 20.8. The summed E-state index contributed by atoms with van der Waals surface area (Å²) >= 11 is 1.23. The highest BCUT2D eigenvalue weighted by atomic mass is 32.1. The Morgan fingerprint density at radius 3 is 2.33 bits per heavy atom. The van der Waals surface area contributed by atoms with E-state index < -0.39 is 17.9 Å². The van der Waals surface area contributed by atoms with E-state index in [1.807, 2.05) is 60.7 Å². The normalized spacial score (nSPS) is 23.6. The van der Waals surface area contributed by atoms with E-state index in [0.717, 1.165) is 37.1 Å². The molecule has 186 valence electrons. The summed E-state index contributed by atoms with van der Waals surface area (Å²) in [5.41, 5.74) is 7.51. The van der Waals surface area contributed by atoms with Crippen LogP contribution in [0.15, 0.2) is 72.1 Å². The number of fused-ring (bicyclic) bond motifs is 3. The van der Waals surface area contributed by atoms with Gasteiger partial charge in [-0.05, 0) is 17.0 Å². The Kier molecular flexibility index (Phi) is 6.89. The zero-order chi connectivity index (χ0) is 25.1. The van der Waals surface area contributed by atoms with Gasteiger partial charge in [-0.15, -0.1) is 11.3 Å². The van der Waals surface area contributed by atoms with Crippen LogP contribution >= 0.6 is 11.3 Å². The van der Waals surface area contributed by atoms with Gasteiger partial charge in [-0.25, -0.2) is 4.79 Å². The molecule has 3 saturated heterocycles. The number of primary amides is 1. The monoisotopic (exact) mass is 504 g/mol. The molecule has 1 aromatic heterocycles. The number of nitrogens with one attached hydrogen (secondary N) is 1. The van der Waals surface area contributed by atoms with Gasteiger partial charge in [0, 0.05) is 24.3 Å². The van der Waals surface area contributed by atoms with Gasteiger partial charge in [-0.1, -0.05) is 60.7 Å². The molecule has 4 heterocycles. The number of hydrogen-bond donors (Lipinski definition) is 2. The number of nitrogens with zero attached hydrogens (tertiary/aromatic N) is 1. The van der Waals surface area contributed by atoms with E-state index >= 15 is 0 Å². The number of Topliss-reactive ketones (excluding diaryl/α,β-unsaturated/α-hetero) is 1. The summed E-state index contributed by atoms with van der Waals surface area (Å²) < 4.78 is 6.82. The first-order chi connectivity index (χ1) is 17.4. The molecule has 1 amide bonds. The van der Waals surface area contributed by atoms with E-state index in [1.54, 1.807) is 11.4 Å². The lowest BCUT2D eigenvalue weighted by Gasteiger charge is -2.51. The molecule has 0 saturated carbocycles. The van der Waals surface area contributed by atoms with Crippen molar-refractivity contribution in [3.05, 3.63) is 88.1 Å². The van der Waals surface area contributed by atoms with Crippen LogP contribution in [0, 0.1) is 5.92 Å². The number of anilines is 1. The third-order valence-electron chi connectivity index (χ3n) is 7.44. The predicted molar refractivity (Wildman–Crippen MR) is 139 cm³/mol. The molecule has 3 fully saturated rings. The summed E-state index contributed by atoms with van der Waals surface area (Å²) in [6.45, 7) is 2.91. The lowest BCUT2D eigenvalue weighted by Crippen LogP contribution is -2.65. The molecule has 0 radical (unpaired) electrons. The summed E-state index contributed by atoms with van der Waals surface area (Å²) in [4.78, 5) is 38.8. The van der Waals surface area contributed by atoms with Crippen molar-refractivity contribution in [2.75, 3.05) is 31.5 Å². The van der Waals surface area contributed by atoms with Gasteiger partial charge in [-0.3, -0.25) is 9.59 Å². The minimum absolute atomic E-state index is 0.126. The Balaban J connectivity index is 1.33. The van der Waals surface area contributed by atoms with E-state index in [2.05, 4.69) is 5.32 Å². The quantitative estimate of drug-likeness (QED) is 0.260. The third kappa shape index (κ3) is 5.05. The largest absolute Gasteiger partial charge is 0.454 e. The smallest absolute Gasteiger partial charge is 0.333 e. The number of ether oxygens (including phenoxy) is 1. The van der Waals surface area contributed by atoms with Gasteiger partial charge in [0.25, 0.3) is 5.91 Å². The highest BCUT2D eigenvalue weighted by molar-refractivity contribution is 7.12. The van der Waals surface area contributed by atoms with Crippen molar-refractivity contribution in [1.82, 2.24) is 0 Å². The highest BCUT2D eigenvalue weighted by Gasteiger charge is 2.49. The first-order valence-corrected chi connectivity index (χ1v) is 13.1. The number of esters is 1. The van der Waals surface area contributed by atoms with Crippen molar-refractivity contribution in [2.24, 2.45) is 11.7 Å². The summed E-state index contributed by atoms with van der Waals surface area (Å²) in [5, 5.41) is 4.96. The van der Waals surface area contributed by atoms with Crippen LogP contribution in [0.25, 0.3) is 0 Å². The van der Waals surface area contributed by atoms with Gasteiger partial charge < -0.3 is 20.3 Å². The molecule has 6 rings (SSSR count). The Bertz CT molecular complexity index is 1240. The minimum Gasteiger partial charge on any atom is -0.454 e. The summed E-state index contributed by atoms with van der Waals surface area (Å²) in [5.74, 6) is -0.519. The Hall–Kier alpha value is -3.49. The number of ketones is 1. The number of thiophene rings is 1. The maximum Gasteiger partial charge on any atom is 0.333 e. The first-order valence-electron chi connectivity index (χ1n) is 12.3. The molecular formula is C28H30N3O4S+. The van der Waals surface area contributed by atoms with Crippen LogP contribution in [-0.4, -0.2) is 54.4 Å². The van der Waals surface area contributed by atoms with Crippen molar-refractivity contribution >= 4 is 34.7 Å². The van der Waals surface area contributed by atoms with Crippen molar-refractivity contribution < 1.29 is 23.6 Å². The lowest BCUT2D eigenvalue weighted by atomic mass is 9.82. The number of hydrogen-bond acceptors (Lipinski definition) is 6. The second-order valence-electron chi connectivity index (χ2n) is 9.75. The molecule has 3 aromatic rings. The molecule has 3 aliphatic rings. The molecule has 2 bridgehead atoms. The van der Waals surface area contributed by atoms with Crippen LogP contribution in [0.1, 0.15) is 44.5 Å². The molecule has 2 atom stereocenters. The van der Waals surface area contributed by atoms with Crippen LogP contribution < -0.4 is 11.1 Å². The van der Waals surface area contributed by atoms with Crippen molar-refractivity contribution in [2.45, 2.75) is 25.0 Å². The van der Waals surface area contributed by atoms with Gasteiger partial charge in [0.15, 0.2) is 12.1 Å². The van der Waals surface area contributed by atoms with E-state index in [0.29, 0.717) is 34.1 Å². The first kappa shape index (κ1) is 24.2. The predicted octanol–water partition coefficient (Wildman–Crippen LogP) is 4.04. The number of carbonyl (C=O) groups is 3. The Morgan fingerprint density at radius 2 is 1.67 bits per heavy atom. The number of benzene rings is 2. The molecule has 8 heteroatoms. The molecule has 7 nitrogen and oxygen atoms in total. The summed E-state index contributed by atoms with van der Waals surface area (Å²) in [6, 6.07) is 19.7. The molecule has 2 aromatic carbocycles. The standard InChI is InChI=1S/C28H29N3O4S/c29-27(33)26-22(13-16-36-26)30-25(21-9-5-2-6-10-21)28(34)35-24-18-31(14-11-20(24)12-15-31)17-23(32)19-7-3-1-4-8-19/h1-10,13,16,20,24-25H,11-12,14-15,17-18H2,(H2-,29,30,33)/p+1/t20?,24-,25?,31?/m0/s1. The van der Waals surface area contributed by atoms with Crippen molar-refractivity contribution in [3.8, 4) is 0 Å².